The summed E-state index contributed by atoms with van der Waals surface area (Å²) in [4.78, 5) is 13.0. The van der Waals surface area contributed by atoms with E-state index >= 15 is 0 Å². The number of nitrogens with one attached hydrogen (secondary N) is 1. The summed E-state index contributed by atoms with van der Waals surface area (Å²) in [5.74, 6) is -0.633. The molecule has 1 saturated heterocycles. The van der Waals surface area contributed by atoms with Crippen molar-refractivity contribution >= 4 is 5.91 Å². The highest BCUT2D eigenvalue weighted by atomic mass is 16.7. The van der Waals surface area contributed by atoms with Crippen LogP contribution in [0.25, 0.3) is 0 Å². The van der Waals surface area contributed by atoms with Crippen LogP contribution in [0.1, 0.15) is 155 Å². The van der Waals surface area contributed by atoms with Crippen molar-refractivity contribution in [3.05, 3.63) is 36.5 Å². The first-order valence-electron chi connectivity index (χ1n) is 20.3. The highest BCUT2D eigenvalue weighted by molar-refractivity contribution is 5.80. The van der Waals surface area contributed by atoms with E-state index in [1.165, 1.54) is 77.0 Å². The maximum atomic E-state index is 13.0. The molecular weight excluding hydrogens is 650 g/mol. The van der Waals surface area contributed by atoms with Gasteiger partial charge < -0.3 is 45.4 Å². The van der Waals surface area contributed by atoms with Crippen LogP contribution in [0, 0.1) is 0 Å². The average molecular weight is 726 g/mol. The Morgan fingerprint density at radius 1 is 0.667 bits per heavy atom. The van der Waals surface area contributed by atoms with Gasteiger partial charge in [0.25, 0.3) is 0 Å². The van der Waals surface area contributed by atoms with E-state index in [4.69, 9.17) is 9.47 Å². The standard InChI is InChI=1S/C41H75NO9/c1-3-5-7-9-11-13-15-17-19-21-23-25-27-29-34(44)33(32-50-41-39(48)38(47)37(46)36(31-43)51-41)42-40(49)35(45)30-28-26-24-22-20-18-16-14-12-10-8-6-4-2/h11,13,19,21,27,29,33-39,41,43-48H,3-10,12,14-18,20,22-26,28,30-32H2,1-2H3,(H,42,49)/b13-11+,21-19+,29-27+. The summed E-state index contributed by atoms with van der Waals surface area (Å²) in [6.07, 6.45) is 26.6. The van der Waals surface area contributed by atoms with Gasteiger partial charge in [0.1, 0.15) is 30.5 Å². The number of aliphatic hydroxyl groups excluding tert-OH is 6. The fourth-order valence-corrected chi connectivity index (χ4v) is 6.13. The molecule has 0 aromatic heterocycles. The van der Waals surface area contributed by atoms with Crippen LogP contribution in [0.15, 0.2) is 36.5 Å². The molecule has 0 radical (unpaired) electrons. The fraction of sp³-hybridized carbons (Fsp3) is 0.829. The lowest BCUT2D eigenvalue weighted by Gasteiger charge is -2.40. The molecule has 1 aliphatic heterocycles. The number of unbranched alkanes of at least 4 members (excludes halogenated alkanes) is 17. The van der Waals surface area contributed by atoms with Gasteiger partial charge in [-0.25, -0.2) is 0 Å². The molecule has 10 heteroatoms. The van der Waals surface area contributed by atoms with Gasteiger partial charge in [0.2, 0.25) is 5.91 Å². The molecule has 0 aromatic carbocycles. The minimum Gasteiger partial charge on any atom is -0.394 e. The van der Waals surface area contributed by atoms with Crippen molar-refractivity contribution in [3.8, 4) is 0 Å². The minimum atomic E-state index is -1.62. The summed E-state index contributed by atoms with van der Waals surface area (Å²) in [5.41, 5.74) is 0. The Kier molecular flexibility index (Phi) is 29.6. The monoisotopic (exact) mass is 726 g/mol. The van der Waals surface area contributed by atoms with Crippen molar-refractivity contribution in [2.45, 2.75) is 204 Å². The zero-order valence-electron chi connectivity index (χ0n) is 32.0. The molecule has 8 atom stereocenters. The number of amides is 1. The van der Waals surface area contributed by atoms with E-state index < -0.39 is 61.5 Å². The largest absolute Gasteiger partial charge is 0.394 e. The third-order valence-corrected chi connectivity index (χ3v) is 9.55. The van der Waals surface area contributed by atoms with Crippen molar-refractivity contribution in [2.24, 2.45) is 0 Å². The Balaban J connectivity index is 2.54. The van der Waals surface area contributed by atoms with Crippen molar-refractivity contribution in [1.82, 2.24) is 5.32 Å². The number of ether oxygens (including phenoxy) is 2. The smallest absolute Gasteiger partial charge is 0.249 e. The van der Waals surface area contributed by atoms with Gasteiger partial charge in [-0.05, 0) is 44.9 Å². The molecule has 8 unspecified atom stereocenters. The van der Waals surface area contributed by atoms with Crippen molar-refractivity contribution < 1.29 is 44.9 Å². The number of hydrogen-bond donors (Lipinski definition) is 7. The summed E-state index contributed by atoms with van der Waals surface area (Å²) < 4.78 is 11.1. The predicted octanol–water partition coefficient (Wildman–Crippen LogP) is 6.30. The van der Waals surface area contributed by atoms with E-state index in [0.29, 0.717) is 19.3 Å². The normalized spacial score (nSPS) is 23.0. The summed E-state index contributed by atoms with van der Waals surface area (Å²) in [6, 6.07) is -0.998. The quantitative estimate of drug-likeness (QED) is 0.0311. The van der Waals surface area contributed by atoms with Crippen LogP contribution in [0.4, 0.5) is 0 Å². The number of allylic oxidation sites excluding steroid dienone is 5. The van der Waals surface area contributed by atoms with Crippen molar-refractivity contribution in [1.29, 1.82) is 0 Å². The number of hydrogen-bond acceptors (Lipinski definition) is 9. The van der Waals surface area contributed by atoms with Gasteiger partial charge in [0.15, 0.2) is 6.29 Å². The zero-order chi connectivity index (χ0) is 37.5. The third-order valence-electron chi connectivity index (χ3n) is 9.55. The first-order chi connectivity index (χ1) is 24.8. The van der Waals surface area contributed by atoms with Gasteiger partial charge in [0.05, 0.1) is 25.4 Å². The van der Waals surface area contributed by atoms with Crippen LogP contribution in [0.3, 0.4) is 0 Å². The summed E-state index contributed by atoms with van der Waals surface area (Å²) >= 11 is 0. The number of rotatable bonds is 32. The van der Waals surface area contributed by atoms with E-state index in [9.17, 15) is 35.4 Å². The Labute approximate surface area is 309 Å². The van der Waals surface area contributed by atoms with Crippen LogP contribution in [0.2, 0.25) is 0 Å². The maximum absolute atomic E-state index is 13.0. The molecule has 0 aromatic rings. The number of carbonyl (C=O) groups excluding carboxylic acids is 1. The number of aliphatic hydroxyl groups is 6. The topological polar surface area (TPSA) is 169 Å². The van der Waals surface area contributed by atoms with E-state index in [0.717, 1.165) is 44.9 Å². The van der Waals surface area contributed by atoms with E-state index in [2.05, 4.69) is 43.5 Å². The van der Waals surface area contributed by atoms with Crippen LogP contribution >= 0.6 is 0 Å². The van der Waals surface area contributed by atoms with Gasteiger partial charge in [-0.15, -0.1) is 0 Å². The first-order valence-corrected chi connectivity index (χ1v) is 20.3. The molecule has 0 saturated carbocycles. The molecule has 1 heterocycles. The van der Waals surface area contributed by atoms with Gasteiger partial charge in [-0.1, -0.05) is 147 Å². The van der Waals surface area contributed by atoms with Gasteiger partial charge in [-0.2, -0.15) is 0 Å². The molecule has 51 heavy (non-hydrogen) atoms. The highest BCUT2D eigenvalue weighted by Gasteiger charge is 2.44. The SMILES string of the molecule is CCCCC/C=C/CC/C=C/CC/C=C/C(O)C(COC1OC(CO)C(O)C(O)C1O)NC(=O)C(O)CCCCCCCCCCCCCCC. The van der Waals surface area contributed by atoms with E-state index in [-0.39, 0.29) is 6.61 Å². The van der Waals surface area contributed by atoms with E-state index in [1.54, 1.807) is 6.08 Å². The number of carbonyl (C=O) groups is 1. The lowest BCUT2D eigenvalue weighted by Crippen LogP contribution is -2.60. The van der Waals surface area contributed by atoms with Gasteiger partial charge >= 0.3 is 0 Å². The molecule has 298 valence electrons. The van der Waals surface area contributed by atoms with Crippen molar-refractivity contribution in [3.63, 3.8) is 0 Å². The second-order valence-corrected chi connectivity index (χ2v) is 14.2. The Morgan fingerprint density at radius 3 is 1.71 bits per heavy atom. The summed E-state index contributed by atoms with van der Waals surface area (Å²) in [7, 11) is 0. The second-order valence-electron chi connectivity index (χ2n) is 14.2. The predicted molar refractivity (Wildman–Crippen MR) is 204 cm³/mol. The Hall–Kier alpha value is -1.63. The molecular formula is C41H75NO9. The molecule has 10 nitrogen and oxygen atoms in total. The summed E-state index contributed by atoms with van der Waals surface area (Å²) in [6.45, 7) is 3.52. The van der Waals surface area contributed by atoms with Crippen LogP contribution < -0.4 is 5.32 Å². The Bertz CT molecular complexity index is 912. The highest BCUT2D eigenvalue weighted by Crippen LogP contribution is 2.22. The van der Waals surface area contributed by atoms with Crippen molar-refractivity contribution in [2.75, 3.05) is 13.2 Å². The lowest BCUT2D eigenvalue weighted by molar-refractivity contribution is -0.302. The molecule has 0 bridgehead atoms. The molecule has 0 spiro atoms. The molecule has 7 N–H and O–H groups in total. The maximum Gasteiger partial charge on any atom is 0.249 e. The van der Waals surface area contributed by atoms with Crippen LogP contribution in [0.5, 0.6) is 0 Å². The first kappa shape index (κ1) is 47.4. The van der Waals surface area contributed by atoms with Crippen LogP contribution in [-0.4, -0.2) is 98.7 Å². The minimum absolute atomic E-state index is 0.302. The van der Waals surface area contributed by atoms with E-state index in [1.807, 2.05) is 6.08 Å². The third kappa shape index (κ3) is 22.9. The van der Waals surface area contributed by atoms with Gasteiger partial charge in [-0.3, -0.25) is 4.79 Å². The fourth-order valence-electron chi connectivity index (χ4n) is 6.13. The molecule has 1 rings (SSSR count). The van der Waals surface area contributed by atoms with Gasteiger partial charge in [0, 0.05) is 0 Å². The molecule has 1 amide bonds. The second kappa shape index (κ2) is 31.9. The molecule has 0 aliphatic carbocycles. The zero-order valence-corrected chi connectivity index (χ0v) is 32.0. The summed E-state index contributed by atoms with van der Waals surface area (Å²) in [5, 5.41) is 64.3. The Morgan fingerprint density at radius 2 is 1.16 bits per heavy atom. The molecule has 1 fully saturated rings. The van der Waals surface area contributed by atoms with Crippen LogP contribution in [-0.2, 0) is 14.3 Å². The lowest BCUT2D eigenvalue weighted by atomic mass is 9.99. The average Bonchev–Trinajstić information content (AvgIpc) is 3.13. The molecule has 1 aliphatic rings.